The van der Waals surface area contributed by atoms with Gasteiger partial charge in [-0.25, -0.2) is 9.59 Å². The highest BCUT2D eigenvalue weighted by Gasteiger charge is 2.46. The first-order valence-corrected chi connectivity index (χ1v) is 16.7. The average molecular weight is 656 g/mol. The molecule has 5 N–H and O–H groups in total. The lowest BCUT2D eigenvalue weighted by Crippen LogP contribution is -2.61. The molecule has 5 amide bonds. The molecule has 12 heteroatoms. The van der Waals surface area contributed by atoms with Gasteiger partial charge < -0.3 is 31.3 Å². The molecule has 0 spiro atoms. The Morgan fingerprint density at radius 1 is 0.979 bits per heavy atom. The molecule has 1 saturated heterocycles. The van der Waals surface area contributed by atoms with Crippen molar-refractivity contribution in [2.24, 2.45) is 34.8 Å². The third-order valence-corrected chi connectivity index (χ3v) is 9.37. The minimum Gasteiger partial charge on any atom is -0.459 e. The van der Waals surface area contributed by atoms with Crippen LogP contribution in [0.1, 0.15) is 86.1 Å². The van der Waals surface area contributed by atoms with Crippen LogP contribution < -0.4 is 21.7 Å². The van der Waals surface area contributed by atoms with E-state index in [1.54, 1.807) is 20.8 Å². The van der Waals surface area contributed by atoms with Crippen LogP contribution in [0.25, 0.3) is 0 Å². The molecule has 1 aliphatic carbocycles. The quantitative estimate of drug-likeness (QED) is 0.166. The number of rotatable bonds is 15. The van der Waals surface area contributed by atoms with Crippen molar-refractivity contribution < 1.29 is 33.5 Å². The Morgan fingerprint density at radius 2 is 1.62 bits per heavy atom. The second-order valence-electron chi connectivity index (χ2n) is 14.6. The smallest absolute Gasteiger partial charge is 0.329 e. The third-order valence-electron chi connectivity index (χ3n) is 9.37. The molecule has 1 saturated carbocycles. The van der Waals surface area contributed by atoms with Gasteiger partial charge in [-0.15, -0.1) is 0 Å². The first-order valence-electron chi connectivity index (χ1n) is 16.7. The molecule has 0 aromatic heterocycles. The van der Waals surface area contributed by atoms with Crippen LogP contribution in [0, 0.1) is 29.1 Å². The van der Waals surface area contributed by atoms with Crippen molar-refractivity contribution >= 4 is 35.5 Å². The van der Waals surface area contributed by atoms with Crippen molar-refractivity contribution in [2.75, 3.05) is 6.54 Å². The summed E-state index contributed by atoms with van der Waals surface area (Å²) in [5.41, 5.74) is 5.31. The van der Waals surface area contributed by atoms with Crippen molar-refractivity contribution in [1.82, 2.24) is 20.9 Å². The minimum absolute atomic E-state index is 0.00737. The molecule has 1 aromatic rings. The molecule has 0 radical (unpaired) electrons. The number of likely N-dealkylation sites (tertiary alicyclic amines) is 1. The number of amides is 5. The molecule has 0 bridgehead atoms. The lowest BCUT2D eigenvalue weighted by atomic mass is 9.85. The van der Waals surface area contributed by atoms with Crippen LogP contribution in [0.15, 0.2) is 30.3 Å². The normalized spacial score (nSPS) is 20.5. The molecular weight excluding hydrogens is 602 g/mol. The van der Waals surface area contributed by atoms with E-state index in [-0.39, 0.29) is 36.8 Å². The Labute approximate surface area is 278 Å². The number of nitrogens with one attached hydrogen (secondary N) is 3. The van der Waals surface area contributed by atoms with Gasteiger partial charge in [0.1, 0.15) is 24.7 Å². The highest BCUT2D eigenvalue weighted by molar-refractivity contribution is 6.37. The zero-order valence-electron chi connectivity index (χ0n) is 28.8. The summed E-state index contributed by atoms with van der Waals surface area (Å²) in [4.78, 5) is 80.3. The Bertz CT molecular complexity index is 1290. The maximum atomic E-state index is 14.3. The first kappa shape index (κ1) is 37.5. The number of ketones is 1. The van der Waals surface area contributed by atoms with Crippen molar-refractivity contribution in [3.05, 3.63) is 35.9 Å². The van der Waals surface area contributed by atoms with Gasteiger partial charge in [-0.05, 0) is 47.5 Å². The van der Waals surface area contributed by atoms with E-state index in [4.69, 9.17) is 10.5 Å². The minimum atomic E-state index is -1.11. The number of hydrogen-bond donors (Lipinski definition) is 4. The number of carbonyl (C=O) groups is 6. The number of hydrogen-bond acceptors (Lipinski definition) is 7. The van der Waals surface area contributed by atoms with Crippen molar-refractivity contribution in [2.45, 2.75) is 111 Å². The number of nitrogens with two attached hydrogens (primary N) is 1. The summed E-state index contributed by atoms with van der Waals surface area (Å²) in [5.74, 6) is -3.41. The molecule has 2 unspecified atom stereocenters. The number of urea groups is 1. The van der Waals surface area contributed by atoms with E-state index in [9.17, 15) is 28.8 Å². The zero-order valence-corrected chi connectivity index (χ0v) is 28.8. The summed E-state index contributed by atoms with van der Waals surface area (Å²) < 4.78 is 5.53. The number of benzene rings is 1. The van der Waals surface area contributed by atoms with Gasteiger partial charge in [0.2, 0.25) is 17.6 Å². The summed E-state index contributed by atoms with van der Waals surface area (Å²) in [6.07, 6.45) is 3.09. The topological polar surface area (TPSA) is 177 Å². The molecule has 2 fully saturated rings. The van der Waals surface area contributed by atoms with Crippen LogP contribution in [0.3, 0.4) is 0 Å². The van der Waals surface area contributed by atoms with Gasteiger partial charge in [-0.3, -0.25) is 19.2 Å². The van der Waals surface area contributed by atoms with Gasteiger partial charge >= 0.3 is 12.0 Å². The monoisotopic (exact) mass is 655 g/mol. The van der Waals surface area contributed by atoms with E-state index in [0.29, 0.717) is 19.3 Å². The van der Waals surface area contributed by atoms with E-state index in [1.165, 1.54) is 4.90 Å². The fourth-order valence-electron chi connectivity index (χ4n) is 5.82. The largest absolute Gasteiger partial charge is 0.459 e. The SMILES string of the molecule is CC[C@H](C)C(NC(=O)N[C@H](C(=O)N1C[C@H](C(C)C)C[C@H]1C(=O)NC(CC1CC1)C(=O)C(N)=O)C(C)(C)C)C(=O)OCc1ccccc1. The van der Waals surface area contributed by atoms with Crippen LogP contribution in [-0.2, 0) is 35.3 Å². The Hall–Kier alpha value is -3.96. The van der Waals surface area contributed by atoms with Crippen LogP contribution in [0.2, 0.25) is 0 Å². The summed E-state index contributed by atoms with van der Waals surface area (Å²) >= 11 is 0. The predicted octanol–water partition coefficient (Wildman–Crippen LogP) is 3.07. The summed E-state index contributed by atoms with van der Waals surface area (Å²) in [5, 5.41) is 8.24. The van der Waals surface area contributed by atoms with Crippen molar-refractivity contribution in [3.8, 4) is 0 Å². The first-order chi connectivity index (χ1) is 22.0. The van der Waals surface area contributed by atoms with Gasteiger partial charge in [-0.1, -0.05) is 98.1 Å². The highest BCUT2D eigenvalue weighted by atomic mass is 16.5. The molecular formula is C35H53N5O7. The molecule has 12 nitrogen and oxygen atoms in total. The summed E-state index contributed by atoms with van der Waals surface area (Å²) in [6, 6.07) is 4.54. The molecule has 3 rings (SSSR count). The number of ether oxygens (including phenoxy) is 1. The van der Waals surface area contributed by atoms with Gasteiger partial charge in [0, 0.05) is 6.54 Å². The number of Topliss-reactive ketones (excluding diaryl/α,β-unsaturated/α-hetero) is 1. The van der Waals surface area contributed by atoms with Crippen LogP contribution >= 0.6 is 0 Å². The fourth-order valence-corrected chi connectivity index (χ4v) is 5.82. The van der Waals surface area contributed by atoms with E-state index in [1.807, 2.05) is 58.0 Å². The predicted molar refractivity (Wildman–Crippen MR) is 176 cm³/mol. The number of esters is 1. The molecule has 6 atom stereocenters. The second-order valence-corrected chi connectivity index (χ2v) is 14.6. The summed E-state index contributed by atoms with van der Waals surface area (Å²) in [6.45, 7) is 13.5. The third kappa shape index (κ3) is 10.5. The second kappa shape index (κ2) is 16.2. The Morgan fingerprint density at radius 3 is 2.15 bits per heavy atom. The Kier molecular flexibility index (Phi) is 13.0. The number of nitrogens with zero attached hydrogens (tertiary/aromatic N) is 1. The standard InChI is InChI=1S/C35H53N5O7/c1-8-21(4)27(33(45)47-19-23-12-10-9-11-13-23)38-34(46)39-29(35(5,6)7)32(44)40-18-24(20(2)3)17-26(40)31(43)37-25(16-22-14-15-22)28(41)30(36)42/h9-13,20-22,24-27,29H,8,14-19H2,1-7H3,(H2,36,42)(H,37,43)(H2,38,39,46)/t21-,24+,25?,26-,27?,29+/m0/s1. The lowest BCUT2D eigenvalue weighted by molar-refractivity contribution is -0.148. The highest BCUT2D eigenvalue weighted by Crippen LogP contribution is 2.35. The average Bonchev–Trinajstić information content (AvgIpc) is 3.72. The zero-order chi connectivity index (χ0) is 35.1. The van der Waals surface area contributed by atoms with Crippen molar-refractivity contribution in [3.63, 3.8) is 0 Å². The van der Waals surface area contributed by atoms with Gasteiger partial charge in [-0.2, -0.15) is 0 Å². The van der Waals surface area contributed by atoms with E-state index >= 15 is 0 Å². The van der Waals surface area contributed by atoms with Gasteiger partial charge in [0.05, 0.1) is 6.04 Å². The maximum Gasteiger partial charge on any atom is 0.329 e. The number of primary amides is 1. The molecule has 1 aromatic carbocycles. The fraction of sp³-hybridized carbons (Fsp3) is 0.657. The van der Waals surface area contributed by atoms with Gasteiger partial charge in [0.25, 0.3) is 5.91 Å². The molecule has 1 aliphatic heterocycles. The van der Waals surface area contributed by atoms with E-state index in [0.717, 1.165) is 18.4 Å². The molecule has 47 heavy (non-hydrogen) atoms. The number of carbonyl (C=O) groups excluding carboxylic acids is 6. The maximum absolute atomic E-state index is 14.3. The van der Waals surface area contributed by atoms with Crippen molar-refractivity contribution in [1.29, 1.82) is 0 Å². The molecule has 2 aliphatic rings. The van der Waals surface area contributed by atoms with Crippen LogP contribution in [0.4, 0.5) is 4.79 Å². The lowest BCUT2D eigenvalue weighted by Gasteiger charge is -2.36. The van der Waals surface area contributed by atoms with Crippen LogP contribution in [-0.4, -0.2) is 71.1 Å². The summed E-state index contributed by atoms with van der Waals surface area (Å²) in [7, 11) is 0. The Balaban J connectivity index is 1.78. The molecule has 1 heterocycles. The van der Waals surface area contributed by atoms with E-state index in [2.05, 4.69) is 16.0 Å². The van der Waals surface area contributed by atoms with E-state index < -0.39 is 65.1 Å². The molecule has 260 valence electrons. The van der Waals surface area contributed by atoms with Crippen LogP contribution in [0.5, 0.6) is 0 Å². The van der Waals surface area contributed by atoms with Gasteiger partial charge in [0.15, 0.2) is 0 Å².